The lowest BCUT2D eigenvalue weighted by Crippen LogP contribution is -2.45. The van der Waals surface area contributed by atoms with Gasteiger partial charge in [-0.05, 0) is 53.3 Å². The third-order valence-electron chi connectivity index (χ3n) is 7.20. The van der Waals surface area contributed by atoms with Gasteiger partial charge >= 0.3 is 0 Å². The molecule has 5 rings (SSSR count). The fourth-order valence-corrected chi connectivity index (χ4v) is 5.44. The number of amides is 1. The second-order valence-corrected chi connectivity index (χ2v) is 10.00. The van der Waals surface area contributed by atoms with Gasteiger partial charge in [0.1, 0.15) is 11.6 Å². The molecule has 4 aromatic carbocycles. The van der Waals surface area contributed by atoms with Crippen molar-refractivity contribution in [3.63, 3.8) is 0 Å². The van der Waals surface area contributed by atoms with E-state index < -0.39 is 0 Å². The highest BCUT2D eigenvalue weighted by atomic mass is 35.5. The first-order chi connectivity index (χ1) is 18.5. The molecular formula is C32H29ClF2N2O. The van der Waals surface area contributed by atoms with Crippen LogP contribution in [-0.2, 0) is 24.2 Å². The summed E-state index contributed by atoms with van der Waals surface area (Å²) in [7, 11) is 0. The van der Waals surface area contributed by atoms with Crippen molar-refractivity contribution < 1.29 is 13.6 Å². The molecule has 0 aromatic heterocycles. The summed E-state index contributed by atoms with van der Waals surface area (Å²) in [4.78, 5) is 17.6. The first-order valence-corrected chi connectivity index (χ1v) is 13.2. The van der Waals surface area contributed by atoms with Gasteiger partial charge in [0.05, 0.1) is 12.6 Å². The zero-order chi connectivity index (χ0) is 26.5. The van der Waals surface area contributed by atoms with Crippen molar-refractivity contribution in [2.45, 2.75) is 25.4 Å². The molecule has 4 aromatic rings. The first kappa shape index (κ1) is 26.1. The Labute approximate surface area is 227 Å². The molecule has 0 radical (unpaired) electrons. The molecule has 1 amide bonds. The molecule has 0 aliphatic carbocycles. The van der Waals surface area contributed by atoms with Crippen molar-refractivity contribution in [3.05, 3.63) is 142 Å². The number of carbonyl (C=O) groups is 1. The smallest absolute Gasteiger partial charge is 0.237 e. The second-order valence-electron chi connectivity index (χ2n) is 9.59. The predicted octanol–water partition coefficient (Wildman–Crippen LogP) is 6.84. The Kier molecular flexibility index (Phi) is 8.16. The monoisotopic (exact) mass is 530 g/mol. The van der Waals surface area contributed by atoms with Crippen molar-refractivity contribution in [2.75, 3.05) is 19.6 Å². The molecule has 0 spiro atoms. The largest absolute Gasteiger partial charge is 0.337 e. The molecule has 6 heteroatoms. The first-order valence-electron chi connectivity index (χ1n) is 12.8. The lowest BCUT2D eigenvalue weighted by atomic mass is 9.88. The Hall–Kier alpha value is -3.54. The van der Waals surface area contributed by atoms with Gasteiger partial charge in [-0.3, -0.25) is 9.69 Å². The molecule has 1 atom stereocenters. The summed E-state index contributed by atoms with van der Waals surface area (Å²) in [5.74, 6) is -0.810. The minimum absolute atomic E-state index is 0.112. The summed E-state index contributed by atoms with van der Waals surface area (Å²) in [5, 5.41) is 0.648. The molecule has 1 unspecified atom stereocenters. The van der Waals surface area contributed by atoms with Gasteiger partial charge in [0.25, 0.3) is 0 Å². The van der Waals surface area contributed by atoms with Crippen molar-refractivity contribution >= 4 is 17.5 Å². The highest BCUT2D eigenvalue weighted by molar-refractivity contribution is 6.31. The Morgan fingerprint density at radius 2 is 1.42 bits per heavy atom. The number of rotatable bonds is 8. The maximum Gasteiger partial charge on any atom is 0.237 e. The lowest BCUT2D eigenvalue weighted by Gasteiger charge is -2.38. The van der Waals surface area contributed by atoms with E-state index in [2.05, 4.69) is 17.0 Å². The van der Waals surface area contributed by atoms with Gasteiger partial charge in [-0.2, -0.15) is 0 Å². The zero-order valence-corrected chi connectivity index (χ0v) is 21.8. The lowest BCUT2D eigenvalue weighted by molar-refractivity contribution is -0.133. The Balaban J connectivity index is 1.43. The second kappa shape index (κ2) is 11.9. The van der Waals surface area contributed by atoms with E-state index in [1.54, 1.807) is 41.3 Å². The molecule has 3 nitrogen and oxygen atoms in total. The van der Waals surface area contributed by atoms with Crippen LogP contribution in [0.2, 0.25) is 5.02 Å². The molecule has 1 heterocycles. The summed E-state index contributed by atoms with van der Waals surface area (Å²) in [6.07, 6.45) is 1.15. The predicted molar refractivity (Wildman–Crippen MR) is 147 cm³/mol. The Morgan fingerprint density at radius 1 is 0.816 bits per heavy atom. The van der Waals surface area contributed by atoms with Crippen LogP contribution in [0.1, 0.15) is 33.9 Å². The third-order valence-corrected chi connectivity index (χ3v) is 7.55. The fourth-order valence-electron chi connectivity index (χ4n) is 5.20. The van der Waals surface area contributed by atoms with Crippen LogP contribution in [0.3, 0.4) is 0 Å². The number of halogens is 3. The number of carbonyl (C=O) groups excluding carboxylic acids is 1. The number of nitrogens with zero attached hydrogens (tertiary/aromatic N) is 2. The van der Waals surface area contributed by atoms with Gasteiger partial charge in [-0.15, -0.1) is 0 Å². The SMILES string of the molecule is O=C(CN1CCc2ccccc2C1c1ccccc1Cl)N(CCc1ccccc1F)Cc1ccccc1F. The Bertz CT molecular complexity index is 1430. The molecule has 0 saturated heterocycles. The number of benzene rings is 4. The van der Waals surface area contributed by atoms with Crippen LogP contribution in [0.15, 0.2) is 97.1 Å². The maximum atomic E-state index is 14.6. The highest BCUT2D eigenvalue weighted by Crippen LogP contribution is 2.38. The summed E-state index contributed by atoms with van der Waals surface area (Å²) in [5.41, 5.74) is 4.28. The van der Waals surface area contributed by atoms with E-state index in [0.29, 0.717) is 29.1 Å². The molecule has 0 bridgehead atoms. The van der Waals surface area contributed by atoms with E-state index in [1.807, 2.05) is 36.4 Å². The number of hydrogen-bond donors (Lipinski definition) is 0. The van der Waals surface area contributed by atoms with Crippen LogP contribution in [0.5, 0.6) is 0 Å². The molecule has 0 saturated carbocycles. The zero-order valence-electron chi connectivity index (χ0n) is 21.0. The van der Waals surface area contributed by atoms with Crippen LogP contribution < -0.4 is 0 Å². The standard InChI is InChI=1S/C32H29ClF2N2O/c33-28-14-6-5-13-27(28)32-26-12-4-1-9-23(26)17-20-37(32)22-31(38)36(21-25-11-3-8-16-30(25)35)19-18-24-10-2-7-15-29(24)34/h1-16,32H,17-22H2. The molecule has 0 fully saturated rings. The van der Waals surface area contributed by atoms with Crippen molar-refractivity contribution in [1.29, 1.82) is 0 Å². The average molecular weight is 531 g/mol. The topological polar surface area (TPSA) is 23.6 Å². The van der Waals surface area contributed by atoms with E-state index in [1.165, 1.54) is 17.7 Å². The summed E-state index contributed by atoms with van der Waals surface area (Å²) in [6, 6.07) is 28.8. The van der Waals surface area contributed by atoms with Gasteiger partial charge in [0, 0.05) is 30.2 Å². The molecule has 194 valence electrons. The normalized spacial score (nSPS) is 15.2. The highest BCUT2D eigenvalue weighted by Gasteiger charge is 2.32. The molecule has 38 heavy (non-hydrogen) atoms. The van der Waals surface area contributed by atoms with Crippen LogP contribution in [-0.4, -0.2) is 35.3 Å². The minimum Gasteiger partial charge on any atom is -0.337 e. The third kappa shape index (κ3) is 5.79. The van der Waals surface area contributed by atoms with Gasteiger partial charge in [0.15, 0.2) is 0 Å². The number of fused-ring (bicyclic) bond motifs is 1. The van der Waals surface area contributed by atoms with Crippen molar-refractivity contribution in [2.24, 2.45) is 0 Å². The molecular weight excluding hydrogens is 502 g/mol. The van der Waals surface area contributed by atoms with E-state index in [4.69, 9.17) is 11.6 Å². The van der Waals surface area contributed by atoms with Crippen LogP contribution in [0.25, 0.3) is 0 Å². The summed E-state index contributed by atoms with van der Waals surface area (Å²) >= 11 is 6.65. The van der Waals surface area contributed by atoms with Gasteiger partial charge in [-0.1, -0.05) is 90.5 Å². The molecule has 1 aliphatic rings. The fraction of sp³-hybridized carbons (Fsp3) is 0.219. The Morgan fingerprint density at radius 3 is 2.13 bits per heavy atom. The van der Waals surface area contributed by atoms with Crippen LogP contribution in [0.4, 0.5) is 8.78 Å². The number of hydrogen-bond acceptors (Lipinski definition) is 2. The van der Waals surface area contributed by atoms with E-state index in [0.717, 1.165) is 17.5 Å². The quantitative estimate of drug-likeness (QED) is 0.249. The van der Waals surface area contributed by atoms with E-state index >= 15 is 0 Å². The molecule has 1 aliphatic heterocycles. The summed E-state index contributed by atoms with van der Waals surface area (Å²) < 4.78 is 28.9. The maximum absolute atomic E-state index is 14.6. The van der Waals surface area contributed by atoms with Gasteiger partial charge in [-0.25, -0.2) is 8.78 Å². The average Bonchev–Trinajstić information content (AvgIpc) is 2.93. The van der Waals surface area contributed by atoms with Crippen LogP contribution in [0, 0.1) is 11.6 Å². The molecule has 0 N–H and O–H groups in total. The summed E-state index contributed by atoms with van der Waals surface area (Å²) in [6.45, 7) is 1.20. The van der Waals surface area contributed by atoms with Gasteiger partial charge < -0.3 is 4.90 Å². The van der Waals surface area contributed by atoms with Gasteiger partial charge in [0.2, 0.25) is 5.91 Å². The van der Waals surface area contributed by atoms with Crippen molar-refractivity contribution in [1.82, 2.24) is 9.80 Å². The minimum atomic E-state index is -0.364. The van der Waals surface area contributed by atoms with E-state index in [9.17, 15) is 13.6 Å². The van der Waals surface area contributed by atoms with Crippen LogP contribution >= 0.6 is 11.6 Å². The van der Waals surface area contributed by atoms with E-state index in [-0.39, 0.29) is 43.2 Å². The van der Waals surface area contributed by atoms with Crippen molar-refractivity contribution in [3.8, 4) is 0 Å².